The molecule has 184 valence electrons. The first-order valence-corrected chi connectivity index (χ1v) is 11.7. The molecule has 0 saturated heterocycles. The van der Waals surface area contributed by atoms with Gasteiger partial charge in [-0.3, -0.25) is 14.5 Å². The third-order valence-corrected chi connectivity index (χ3v) is 5.25. The summed E-state index contributed by atoms with van der Waals surface area (Å²) in [5, 5.41) is 12.3. The Hall–Kier alpha value is -4.53. The summed E-state index contributed by atoms with van der Waals surface area (Å²) in [5.41, 5.74) is 5.85. The van der Waals surface area contributed by atoms with E-state index in [0.29, 0.717) is 18.8 Å². The number of aryl methyl sites for hydroxylation is 2. The zero-order valence-electron chi connectivity index (χ0n) is 20.1. The van der Waals surface area contributed by atoms with Gasteiger partial charge in [0, 0.05) is 24.5 Å². The Bertz CT molecular complexity index is 1250. The van der Waals surface area contributed by atoms with E-state index >= 15 is 0 Å². The molecule has 0 radical (unpaired) electrons. The van der Waals surface area contributed by atoms with Gasteiger partial charge in [0.2, 0.25) is 0 Å². The normalized spacial score (nSPS) is 10.9. The van der Waals surface area contributed by atoms with Crippen LogP contribution in [0.25, 0.3) is 0 Å². The lowest BCUT2D eigenvalue weighted by atomic mass is 10.2. The molecule has 4 rings (SSSR count). The van der Waals surface area contributed by atoms with E-state index in [4.69, 9.17) is 9.47 Å². The number of nitrogens with one attached hydrogen (secondary N) is 1. The molecular weight excluding hydrogens is 456 g/mol. The molecule has 4 aromatic rings. The van der Waals surface area contributed by atoms with Crippen LogP contribution in [0.1, 0.15) is 40.0 Å². The van der Waals surface area contributed by atoms with Gasteiger partial charge in [0.15, 0.2) is 0 Å². The fourth-order valence-corrected chi connectivity index (χ4v) is 3.25. The molecule has 0 aliphatic rings. The zero-order chi connectivity index (χ0) is 25.0. The molecule has 9 heteroatoms. The average Bonchev–Trinajstić information content (AvgIpc) is 3.37. The van der Waals surface area contributed by atoms with Crippen LogP contribution in [0.3, 0.4) is 0 Å². The highest BCUT2D eigenvalue weighted by atomic mass is 16.5. The summed E-state index contributed by atoms with van der Waals surface area (Å²) in [7, 11) is 0. The lowest BCUT2D eigenvalue weighted by molar-refractivity contribution is 0.0955. The van der Waals surface area contributed by atoms with Crippen LogP contribution in [-0.2, 0) is 13.2 Å². The molecule has 0 spiro atoms. The molecule has 2 aromatic carbocycles. The number of pyridine rings is 1. The van der Waals surface area contributed by atoms with Gasteiger partial charge in [0.25, 0.3) is 5.91 Å². The second-order valence-corrected chi connectivity index (χ2v) is 8.13. The number of aromatic nitrogens is 4. The Labute approximate surface area is 209 Å². The molecule has 2 heterocycles. The van der Waals surface area contributed by atoms with E-state index < -0.39 is 0 Å². The summed E-state index contributed by atoms with van der Waals surface area (Å²) >= 11 is 0. The van der Waals surface area contributed by atoms with Crippen LogP contribution < -0.4 is 14.9 Å². The molecule has 36 heavy (non-hydrogen) atoms. The average molecular weight is 485 g/mol. The molecule has 0 atom stereocenters. The highest BCUT2D eigenvalue weighted by Gasteiger charge is 2.04. The maximum absolute atomic E-state index is 12.0. The molecule has 0 bridgehead atoms. The van der Waals surface area contributed by atoms with E-state index in [-0.39, 0.29) is 5.91 Å². The smallest absolute Gasteiger partial charge is 0.271 e. The van der Waals surface area contributed by atoms with E-state index in [1.807, 2.05) is 66.3 Å². The standard InChI is InChI=1S/C27H28N6O3/c1-21-4-8-26(9-5-21)36-20-24-19-33(32-30-24)16-2-3-17-35-25-10-6-22(7-11-25)18-29-31-27(34)23-12-14-28-15-13-23/h4-15,18-19H,2-3,16-17,20H2,1H3,(H,31,34)/b29-18+. The molecule has 0 saturated carbocycles. The number of nitrogens with zero attached hydrogens (tertiary/aromatic N) is 5. The Balaban J connectivity index is 1.11. The number of benzene rings is 2. The van der Waals surface area contributed by atoms with Gasteiger partial charge in [0.1, 0.15) is 23.8 Å². The molecular formula is C27H28N6O3. The Morgan fingerprint density at radius 3 is 2.47 bits per heavy atom. The molecule has 0 aliphatic carbocycles. The number of carbonyl (C=O) groups is 1. The number of hydrogen-bond acceptors (Lipinski definition) is 7. The van der Waals surface area contributed by atoms with Crippen LogP contribution in [0.15, 0.2) is 84.4 Å². The van der Waals surface area contributed by atoms with E-state index in [1.165, 1.54) is 5.56 Å². The lowest BCUT2D eigenvalue weighted by Gasteiger charge is -2.06. The molecule has 0 fully saturated rings. The number of rotatable bonds is 12. The largest absolute Gasteiger partial charge is 0.494 e. The molecule has 9 nitrogen and oxygen atoms in total. The molecule has 1 amide bonds. The van der Waals surface area contributed by atoms with Crippen LogP contribution in [0.2, 0.25) is 0 Å². The van der Waals surface area contributed by atoms with Crippen molar-refractivity contribution in [2.75, 3.05) is 6.61 Å². The van der Waals surface area contributed by atoms with Crippen LogP contribution >= 0.6 is 0 Å². The van der Waals surface area contributed by atoms with Crippen molar-refractivity contribution < 1.29 is 14.3 Å². The van der Waals surface area contributed by atoms with E-state index in [1.54, 1.807) is 30.7 Å². The second-order valence-electron chi connectivity index (χ2n) is 8.13. The lowest BCUT2D eigenvalue weighted by Crippen LogP contribution is -2.17. The van der Waals surface area contributed by atoms with Crippen molar-refractivity contribution in [3.05, 3.63) is 102 Å². The van der Waals surface area contributed by atoms with Gasteiger partial charge in [-0.15, -0.1) is 5.10 Å². The Kier molecular flexibility index (Phi) is 8.74. The van der Waals surface area contributed by atoms with Crippen LogP contribution in [0.4, 0.5) is 0 Å². The van der Waals surface area contributed by atoms with E-state index in [0.717, 1.165) is 42.1 Å². The van der Waals surface area contributed by atoms with Crippen molar-refractivity contribution in [3.63, 3.8) is 0 Å². The highest BCUT2D eigenvalue weighted by molar-refractivity contribution is 5.94. The van der Waals surface area contributed by atoms with Crippen molar-refractivity contribution in [1.29, 1.82) is 0 Å². The number of amides is 1. The number of unbranched alkanes of at least 4 members (excludes halogenated alkanes) is 1. The number of ether oxygens (including phenoxy) is 2. The predicted octanol–water partition coefficient (Wildman–Crippen LogP) is 4.18. The summed E-state index contributed by atoms with van der Waals surface area (Å²) in [5.74, 6) is 1.32. The van der Waals surface area contributed by atoms with Gasteiger partial charge in [0.05, 0.1) is 19.0 Å². The minimum Gasteiger partial charge on any atom is -0.494 e. The van der Waals surface area contributed by atoms with Crippen molar-refractivity contribution in [3.8, 4) is 11.5 Å². The predicted molar refractivity (Wildman–Crippen MR) is 136 cm³/mol. The van der Waals surface area contributed by atoms with Crippen LogP contribution in [-0.4, -0.2) is 38.7 Å². The zero-order valence-corrected chi connectivity index (χ0v) is 20.1. The van der Waals surface area contributed by atoms with Crippen molar-refractivity contribution >= 4 is 12.1 Å². The minimum atomic E-state index is -0.286. The van der Waals surface area contributed by atoms with Gasteiger partial charge >= 0.3 is 0 Å². The first kappa shape index (κ1) is 24.6. The maximum atomic E-state index is 12.0. The van der Waals surface area contributed by atoms with E-state index in [2.05, 4.69) is 25.8 Å². The van der Waals surface area contributed by atoms with Gasteiger partial charge in [-0.1, -0.05) is 22.9 Å². The van der Waals surface area contributed by atoms with Crippen LogP contribution in [0, 0.1) is 6.92 Å². The molecule has 2 aromatic heterocycles. The fourth-order valence-electron chi connectivity index (χ4n) is 3.25. The van der Waals surface area contributed by atoms with Gasteiger partial charge in [-0.2, -0.15) is 5.10 Å². The van der Waals surface area contributed by atoms with Crippen molar-refractivity contribution in [2.24, 2.45) is 5.10 Å². The third-order valence-electron chi connectivity index (χ3n) is 5.25. The topological polar surface area (TPSA) is 104 Å². The third kappa shape index (κ3) is 7.76. The quantitative estimate of drug-likeness (QED) is 0.184. The van der Waals surface area contributed by atoms with Crippen molar-refractivity contribution in [1.82, 2.24) is 25.4 Å². The first-order valence-electron chi connectivity index (χ1n) is 11.7. The Morgan fingerprint density at radius 2 is 1.69 bits per heavy atom. The highest BCUT2D eigenvalue weighted by Crippen LogP contribution is 2.14. The number of hydrogen-bond donors (Lipinski definition) is 1. The van der Waals surface area contributed by atoms with Gasteiger partial charge in [-0.05, 0) is 73.9 Å². The summed E-state index contributed by atoms with van der Waals surface area (Å²) in [6.45, 7) is 3.81. The minimum absolute atomic E-state index is 0.286. The van der Waals surface area contributed by atoms with Crippen molar-refractivity contribution in [2.45, 2.75) is 32.9 Å². The monoisotopic (exact) mass is 484 g/mol. The summed E-state index contributed by atoms with van der Waals surface area (Å²) in [4.78, 5) is 15.8. The SMILES string of the molecule is Cc1ccc(OCc2cn(CCCCOc3ccc(/C=N/NC(=O)c4ccncc4)cc3)nn2)cc1. The second kappa shape index (κ2) is 12.8. The first-order chi connectivity index (χ1) is 17.7. The number of carbonyl (C=O) groups excluding carboxylic acids is 1. The number of hydrazone groups is 1. The van der Waals surface area contributed by atoms with Crippen LogP contribution in [0.5, 0.6) is 11.5 Å². The summed E-state index contributed by atoms with van der Waals surface area (Å²) in [6, 6.07) is 18.7. The molecule has 1 N–H and O–H groups in total. The molecule has 0 aliphatic heterocycles. The molecule has 0 unspecified atom stereocenters. The van der Waals surface area contributed by atoms with Gasteiger partial charge < -0.3 is 9.47 Å². The van der Waals surface area contributed by atoms with Gasteiger partial charge in [-0.25, -0.2) is 5.43 Å². The maximum Gasteiger partial charge on any atom is 0.271 e. The van der Waals surface area contributed by atoms with E-state index in [9.17, 15) is 4.79 Å². The fraction of sp³-hybridized carbons (Fsp3) is 0.222. The summed E-state index contributed by atoms with van der Waals surface area (Å²) < 4.78 is 13.4. The summed E-state index contributed by atoms with van der Waals surface area (Å²) in [6.07, 6.45) is 8.43. The Morgan fingerprint density at radius 1 is 0.972 bits per heavy atom.